The summed E-state index contributed by atoms with van der Waals surface area (Å²) >= 11 is 0. The van der Waals surface area contributed by atoms with E-state index in [2.05, 4.69) is 19.2 Å². The Bertz CT molecular complexity index is 171. The van der Waals surface area contributed by atoms with Gasteiger partial charge in [-0.1, -0.05) is 26.7 Å². The van der Waals surface area contributed by atoms with Crippen molar-refractivity contribution in [2.45, 2.75) is 58.4 Å². The maximum Gasteiger partial charge on any atom is 0.250 e. The van der Waals surface area contributed by atoms with Crippen LogP contribution in [0.25, 0.3) is 0 Å². The Hall–Kier alpha value is -0.180. The molecular formula is C12H23F2N. The third-order valence-electron chi connectivity index (χ3n) is 3.15. The lowest BCUT2D eigenvalue weighted by atomic mass is 9.81. The SMILES string of the molecule is CC(C)CC1CCCC(NCC(F)F)C1. The van der Waals surface area contributed by atoms with E-state index in [0.29, 0.717) is 6.04 Å². The second kappa shape index (κ2) is 6.41. The quantitative estimate of drug-likeness (QED) is 0.746. The van der Waals surface area contributed by atoms with Crippen LogP contribution < -0.4 is 5.32 Å². The van der Waals surface area contributed by atoms with Crippen molar-refractivity contribution in [2.75, 3.05) is 6.54 Å². The Kier molecular flexibility index (Phi) is 5.51. The van der Waals surface area contributed by atoms with E-state index in [1.165, 1.54) is 19.3 Å². The van der Waals surface area contributed by atoms with Crippen molar-refractivity contribution in [3.8, 4) is 0 Å². The maximum absolute atomic E-state index is 12.0. The summed E-state index contributed by atoms with van der Waals surface area (Å²) in [6, 6.07) is 0.330. The smallest absolute Gasteiger partial charge is 0.250 e. The Morgan fingerprint density at radius 2 is 2.00 bits per heavy atom. The first-order valence-electron chi connectivity index (χ1n) is 6.09. The molecule has 1 saturated carbocycles. The third-order valence-corrected chi connectivity index (χ3v) is 3.15. The van der Waals surface area contributed by atoms with Gasteiger partial charge >= 0.3 is 0 Å². The number of nitrogens with one attached hydrogen (secondary N) is 1. The highest BCUT2D eigenvalue weighted by molar-refractivity contribution is 4.78. The van der Waals surface area contributed by atoms with Crippen LogP contribution in [0.15, 0.2) is 0 Å². The molecule has 0 aliphatic heterocycles. The van der Waals surface area contributed by atoms with Crippen LogP contribution >= 0.6 is 0 Å². The Morgan fingerprint density at radius 3 is 2.60 bits per heavy atom. The Labute approximate surface area is 91.6 Å². The monoisotopic (exact) mass is 219 g/mol. The molecule has 0 aromatic heterocycles. The summed E-state index contributed by atoms with van der Waals surface area (Å²) < 4.78 is 24.1. The zero-order chi connectivity index (χ0) is 11.3. The summed E-state index contributed by atoms with van der Waals surface area (Å²) in [5.74, 6) is 1.47. The molecule has 0 bridgehead atoms. The summed E-state index contributed by atoms with van der Waals surface area (Å²) in [5, 5.41) is 2.97. The summed E-state index contributed by atoms with van der Waals surface area (Å²) in [5.41, 5.74) is 0. The molecule has 0 heterocycles. The van der Waals surface area contributed by atoms with Gasteiger partial charge in [0.05, 0.1) is 6.54 Å². The van der Waals surface area contributed by atoms with Crippen molar-refractivity contribution in [1.82, 2.24) is 5.32 Å². The van der Waals surface area contributed by atoms with Crippen LogP contribution in [-0.4, -0.2) is 19.0 Å². The summed E-state index contributed by atoms with van der Waals surface area (Å²) in [6.45, 7) is 4.32. The second-order valence-electron chi connectivity index (χ2n) is 5.16. The molecule has 0 radical (unpaired) electrons. The molecule has 15 heavy (non-hydrogen) atoms. The highest BCUT2D eigenvalue weighted by Gasteiger charge is 2.22. The molecule has 1 N–H and O–H groups in total. The summed E-state index contributed by atoms with van der Waals surface area (Å²) in [6.07, 6.45) is 3.66. The van der Waals surface area contributed by atoms with Gasteiger partial charge in [-0.25, -0.2) is 8.78 Å². The summed E-state index contributed by atoms with van der Waals surface area (Å²) in [4.78, 5) is 0. The topological polar surface area (TPSA) is 12.0 Å². The first-order valence-corrected chi connectivity index (χ1v) is 6.09. The number of halogens is 2. The van der Waals surface area contributed by atoms with E-state index in [0.717, 1.165) is 24.7 Å². The molecule has 1 rings (SSSR count). The molecule has 1 aliphatic carbocycles. The number of rotatable bonds is 5. The fourth-order valence-electron chi connectivity index (χ4n) is 2.61. The standard InChI is InChI=1S/C12H23F2N/c1-9(2)6-10-4-3-5-11(7-10)15-8-12(13)14/h9-12,15H,3-8H2,1-2H3. The van der Waals surface area contributed by atoms with Gasteiger partial charge in [0.1, 0.15) is 0 Å². The Balaban J connectivity index is 2.23. The van der Waals surface area contributed by atoms with Gasteiger partial charge in [-0.2, -0.15) is 0 Å². The van der Waals surface area contributed by atoms with Gasteiger partial charge in [0, 0.05) is 6.04 Å². The van der Waals surface area contributed by atoms with Gasteiger partial charge < -0.3 is 5.32 Å². The number of hydrogen-bond donors (Lipinski definition) is 1. The molecule has 2 unspecified atom stereocenters. The van der Waals surface area contributed by atoms with E-state index in [1.54, 1.807) is 0 Å². The minimum Gasteiger partial charge on any atom is -0.309 e. The van der Waals surface area contributed by atoms with Crippen molar-refractivity contribution >= 4 is 0 Å². The van der Waals surface area contributed by atoms with Crippen LogP contribution in [0.5, 0.6) is 0 Å². The molecule has 90 valence electrons. The highest BCUT2D eigenvalue weighted by atomic mass is 19.3. The molecule has 0 aromatic rings. The van der Waals surface area contributed by atoms with Crippen LogP contribution in [-0.2, 0) is 0 Å². The van der Waals surface area contributed by atoms with Crippen LogP contribution in [0.4, 0.5) is 8.78 Å². The Morgan fingerprint density at radius 1 is 1.27 bits per heavy atom. The van der Waals surface area contributed by atoms with Crippen molar-refractivity contribution < 1.29 is 8.78 Å². The predicted octanol–water partition coefficient (Wildman–Crippen LogP) is 3.45. The van der Waals surface area contributed by atoms with E-state index in [1.807, 2.05) is 0 Å². The van der Waals surface area contributed by atoms with Crippen LogP contribution in [0, 0.1) is 11.8 Å². The van der Waals surface area contributed by atoms with Crippen molar-refractivity contribution in [2.24, 2.45) is 11.8 Å². The van der Waals surface area contributed by atoms with E-state index in [9.17, 15) is 8.78 Å². The van der Waals surface area contributed by atoms with Gasteiger partial charge in [0.15, 0.2) is 0 Å². The number of hydrogen-bond acceptors (Lipinski definition) is 1. The lowest BCUT2D eigenvalue weighted by molar-refractivity contribution is 0.133. The average Bonchev–Trinajstić information content (AvgIpc) is 2.14. The van der Waals surface area contributed by atoms with Gasteiger partial charge in [-0.15, -0.1) is 0 Å². The fraction of sp³-hybridized carbons (Fsp3) is 1.00. The normalized spacial score (nSPS) is 27.6. The molecular weight excluding hydrogens is 196 g/mol. The molecule has 1 aliphatic rings. The van der Waals surface area contributed by atoms with E-state index < -0.39 is 6.43 Å². The maximum atomic E-state index is 12.0. The van der Waals surface area contributed by atoms with Gasteiger partial charge in [0.25, 0.3) is 6.43 Å². The second-order valence-corrected chi connectivity index (χ2v) is 5.16. The zero-order valence-corrected chi connectivity index (χ0v) is 9.81. The molecule has 1 fully saturated rings. The van der Waals surface area contributed by atoms with Crippen LogP contribution in [0.1, 0.15) is 46.0 Å². The van der Waals surface area contributed by atoms with Crippen molar-refractivity contribution in [3.05, 3.63) is 0 Å². The highest BCUT2D eigenvalue weighted by Crippen LogP contribution is 2.29. The third kappa shape index (κ3) is 5.45. The van der Waals surface area contributed by atoms with Crippen molar-refractivity contribution in [3.63, 3.8) is 0 Å². The van der Waals surface area contributed by atoms with E-state index in [-0.39, 0.29) is 6.54 Å². The summed E-state index contributed by atoms with van der Waals surface area (Å²) in [7, 11) is 0. The largest absolute Gasteiger partial charge is 0.309 e. The van der Waals surface area contributed by atoms with Crippen molar-refractivity contribution in [1.29, 1.82) is 0 Å². The van der Waals surface area contributed by atoms with E-state index >= 15 is 0 Å². The average molecular weight is 219 g/mol. The first-order chi connectivity index (χ1) is 7.08. The molecule has 3 heteroatoms. The van der Waals surface area contributed by atoms with Gasteiger partial charge in [0.2, 0.25) is 0 Å². The van der Waals surface area contributed by atoms with Crippen LogP contribution in [0.3, 0.4) is 0 Å². The molecule has 0 aromatic carbocycles. The predicted molar refractivity (Wildman–Crippen MR) is 59.2 cm³/mol. The molecule has 2 atom stereocenters. The van der Waals surface area contributed by atoms with Crippen LogP contribution in [0.2, 0.25) is 0 Å². The minimum atomic E-state index is -2.21. The molecule has 1 nitrogen and oxygen atoms in total. The van der Waals surface area contributed by atoms with E-state index in [4.69, 9.17) is 0 Å². The first kappa shape index (κ1) is 12.9. The lowest BCUT2D eigenvalue weighted by Crippen LogP contribution is -2.37. The van der Waals surface area contributed by atoms with Gasteiger partial charge in [-0.3, -0.25) is 0 Å². The minimum absolute atomic E-state index is 0.140. The number of alkyl halides is 2. The zero-order valence-electron chi connectivity index (χ0n) is 9.81. The molecule has 0 saturated heterocycles. The molecule has 0 amide bonds. The molecule has 0 spiro atoms. The van der Waals surface area contributed by atoms with Gasteiger partial charge in [-0.05, 0) is 31.1 Å². The lowest BCUT2D eigenvalue weighted by Gasteiger charge is -2.30. The fourth-order valence-corrected chi connectivity index (χ4v) is 2.61.